The zero-order valence-electron chi connectivity index (χ0n) is 43.6. The number of aryl methyl sites for hydroxylation is 2. The first kappa shape index (κ1) is 53.0. The minimum Gasteiger partial charge on any atom is -0.480 e. The van der Waals surface area contributed by atoms with E-state index in [9.17, 15) is 19.2 Å². The predicted octanol–water partition coefficient (Wildman–Crippen LogP) is 9.18. The molecule has 4 N–H and O–H groups in total. The summed E-state index contributed by atoms with van der Waals surface area (Å²) < 4.78 is 80.6. The van der Waals surface area contributed by atoms with Crippen LogP contribution in [0.3, 0.4) is 0 Å². The van der Waals surface area contributed by atoms with E-state index in [0.717, 1.165) is 37.8 Å². The number of likely N-dealkylation sites (tertiary alicyclic amines) is 2. The van der Waals surface area contributed by atoms with Crippen molar-refractivity contribution in [3.63, 3.8) is 0 Å². The number of primary amides is 1. The number of anilines is 1. The zero-order valence-corrected chi connectivity index (χ0v) is 44.4. The highest BCUT2D eigenvalue weighted by molar-refractivity contribution is 6.34. The first-order valence-corrected chi connectivity index (χ1v) is 27.1. The molecule has 3 saturated heterocycles. The summed E-state index contributed by atoms with van der Waals surface area (Å²) in [5.74, 6) is -4.73. The van der Waals surface area contributed by atoms with Crippen LogP contribution in [0.1, 0.15) is 104 Å². The summed E-state index contributed by atoms with van der Waals surface area (Å²) >= 11 is 6.80. The van der Waals surface area contributed by atoms with Crippen LogP contribution in [-0.2, 0) is 29.3 Å². The van der Waals surface area contributed by atoms with E-state index in [4.69, 9.17) is 26.8 Å². The van der Waals surface area contributed by atoms with Gasteiger partial charge in [0.05, 0.1) is 28.4 Å². The lowest BCUT2D eigenvalue weighted by molar-refractivity contribution is -0.138. The van der Waals surface area contributed by atoms with Crippen LogP contribution >= 0.6 is 11.6 Å². The van der Waals surface area contributed by atoms with Gasteiger partial charge in [-0.05, 0) is 100 Å². The number of halogens is 5. The number of hydrogen-bond acceptors (Lipinski definition) is 10. The number of nitrogens with one attached hydrogen (secondary N) is 2. The number of nitrogens with zero attached hydrogens (tertiary/aromatic N) is 7. The molecule has 1 aliphatic carbocycles. The quantitative estimate of drug-likeness (QED) is 0.0944. The van der Waals surface area contributed by atoms with Crippen LogP contribution in [0.5, 0.6) is 17.2 Å². The van der Waals surface area contributed by atoms with Crippen molar-refractivity contribution >= 4 is 52.1 Å². The number of carbonyl (C=O) groups is 4. The van der Waals surface area contributed by atoms with Gasteiger partial charge in [-0.2, -0.15) is 10.2 Å². The van der Waals surface area contributed by atoms with Crippen molar-refractivity contribution < 1.29 is 46.2 Å². The SMILES string of the molecule is CC1c2c(cc(F)c(Cl)c2-c2c(C(N)=O)ccc(Oc3cnn(C)c3)c2F)OC1(CNC1CCC(C(=O)N2CCC(CN3CCC(c4c(F)cc5c(N6CCC(=O)NC6=O)nn(C)c5c4F)CC3)CC2)CC1)c1ccccc1. The van der Waals surface area contributed by atoms with Gasteiger partial charge in [0.1, 0.15) is 22.9 Å². The summed E-state index contributed by atoms with van der Waals surface area (Å²) in [5.41, 5.74) is 5.48. The molecule has 4 aliphatic heterocycles. The number of piperidine rings is 2. The first-order valence-electron chi connectivity index (χ1n) is 26.8. The highest BCUT2D eigenvalue weighted by Crippen LogP contribution is 2.57. The van der Waals surface area contributed by atoms with Crippen LogP contribution < -0.4 is 30.7 Å². The highest BCUT2D eigenvalue weighted by Gasteiger charge is 2.50. The molecule has 2 aromatic heterocycles. The molecule has 2 atom stereocenters. The van der Waals surface area contributed by atoms with Crippen LogP contribution in [0.4, 0.5) is 28.2 Å². The Morgan fingerprint density at radius 1 is 0.885 bits per heavy atom. The van der Waals surface area contributed by atoms with Crippen LogP contribution in [0.25, 0.3) is 22.0 Å². The number of imide groups is 1. The van der Waals surface area contributed by atoms with Crippen molar-refractivity contribution in [1.29, 1.82) is 0 Å². The van der Waals surface area contributed by atoms with Gasteiger partial charge in [0.2, 0.25) is 17.7 Å². The fourth-order valence-electron chi connectivity index (χ4n) is 12.8. The standard InChI is InChI=1S/C57H61ClF4N10O6/c1-31-45-43(26-41(60)49(58)48(45)47-38(53(63)74)13-14-42(50(47)61)77-37-27-65-68(2)29-37)78-57(31,35-7-5-4-6-8-35)30-64-36-11-9-34(10-12-36)55(75)71-22-15-32(16-23-71)28-70-20-17-33(18-21-70)46-40(59)25-39-52(51(46)62)69(3)67-54(39)72-24-19-44(73)66-56(72)76/h4-8,13-14,25-27,29,31-34,36,64H,9-12,15-24,28,30H2,1-3H3,(H2,63,74)(H,66,73,76). The largest absolute Gasteiger partial charge is 0.480 e. The predicted molar refractivity (Wildman–Crippen MR) is 283 cm³/mol. The summed E-state index contributed by atoms with van der Waals surface area (Å²) in [5, 5.41) is 14.2. The maximum atomic E-state index is 16.9. The molecule has 16 nitrogen and oxygen atoms in total. The Bertz CT molecular complexity index is 3330. The molecule has 6 heterocycles. The lowest BCUT2D eigenvalue weighted by Crippen LogP contribution is -2.49. The van der Waals surface area contributed by atoms with Gasteiger partial charge in [0.25, 0.3) is 0 Å². The molecule has 6 aromatic rings. The van der Waals surface area contributed by atoms with Gasteiger partial charge in [-0.15, -0.1) is 0 Å². The molecule has 5 aliphatic rings. The number of ether oxygens (including phenoxy) is 2. The van der Waals surface area contributed by atoms with Crippen molar-refractivity contribution in [3.05, 3.63) is 118 Å². The van der Waals surface area contributed by atoms with Gasteiger partial charge < -0.3 is 30.3 Å². The Balaban J connectivity index is 0.702. The van der Waals surface area contributed by atoms with Crippen LogP contribution in [0.2, 0.25) is 5.02 Å². The van der Waals surface area contributed by atoms with E-state index in [2.05, 4.69) is 25.7 Å². The van der Waals surface area contributed by atoms with E-state index in [-0.39, 0.29) is 99.5 Å². The summed E-state index contributed by atoms with van der Waals surface area (Å²) in [4.78, 5) is 56.9. The van der Waals surface area contributed by atoms with E-state index in [1.54, 1.807) is 20.3 Å². The average Bonchev–Trinajstić information content (AvgIpc) is 4.31. The number of nitrogens with two attached hydrogens (primary N) is 1. The second kappa shape index (κ2) is 21.3. The lowest BCUT2D eigenvalue weighted by Gasteiger charge is -2.40. The maximum absolute atomic E-state index is 16.9. The number of rotatable bonds is 13. The average molecular weight is 1090 g/mol. The second-order valence-corrected chi connectivity index (χ2v) is 22.0. The summed E-state index contributed by atoms with van der Waals surface area (Å²) in [7, 11) is 3.24. The molecule has 5 amide bonds. The van der Waals surface area contributed by atoms with Gasteiger partial charge in [-0.1, -0.05) is 48.9 Å². The van der Waals surface area contributed by atoms with Gasteiger partial charge >= 0.3 is 6.03 Å². The van der Waals surface area contributed by atoms with Gasteiger partial charge in [-0.25, -0.2) is 22.4 Å². The van der Waals surface area contributed by atoms with E-state index < -0.39 is 57.7 Å². The van der Waals surface area contributed by atoms with Gasteiger partial charge in [0, 0.05) is 99.4 Å². The number of fused-ring (bicyclic) bond motifs is 2. The fraction of sp³-hybridized carbons (Fsp3) is 0.439. The monoisotopic (exact) mass is 1090 g/mol. The van der Waals surface area contributed by atoms with E-state index in [1.165, 1.54) is 44.7 Å². The van der Waals surface area contributed by atoms with Crippen molar-refractivity contribution in [3.8, 4) is 28.4 Å². The molecular formula is C57H61ClF4N10O6. The fourth-order valence-corrected chi connectivity index (χ4v) is 13.0. The Kier molecular flexibility index (Phi) is 14.5. The normalized spacial score (nSPS) is 22.4. The van der Waals surface area contributed by atoms with Crippen molar-refractivity contribution in [1.82, 2.24) is 40.0 Å². The van der Waals surface area contributed by atoms with Crippen molar-refractivity contribution in [2.45, 2.75) is 88.2 Å². The smallest absolute Gasteiger partial charge is 0.329 e. The van der Waals surface area contributed by atoms with Crippen LogP contribution in [0.15, 0.2) is 67.0 Å². The second-order valence-electron chi connectivity index (χ2n) is 21.6. The molecule has 1 saturated carbocycles. The summed E-state index contributed by atoms with van der Waals surface area (Å²) in [6.45, 7) is 5.82. The van der Waals surface area contributed by atoms with Crippen LogP contribution in [0, 0.1) is 35.1 Å². The topological polar surface area (TPSA) is 182 Å². The Morgan fingerprint density at radius 2 is 1.62 bits per heavy atom. The molecule has 0 radical (unpaired) electrons. The third kappa shape index (κ3) is 9.73. The molecular weight excluding hydrogens is 1030 g/mol. The summed E-state index contributed by atoms with van der Waals surface area (Å²) in [6, 6.07) is 13.9. The number of amides is 5. The zero-order chi connectivity index (χ0) is 54.7. The maximum Gasteiger partial charge on any atom is 0.329 e. The van der Waals surface area contributed by atoms with Gasteiger partial charge in [-0.3, -0.25) is 34.0 Å². The number of hydrogen-bond donors (Lipinski definition) is 3. The lowest BCUT2D eigenvalue weighted by atomic mass is 9.77. The molecule has 2 unspecified atom stereocenters. The molecule has 0 bridgehead atoms. The molecule has 21 heteroatoms. The number of urea groups is 1. The minimum atomic E-state index is -1.13. The summed E-state index contributed by atoms with van der Waals surface area (Å²) in [6.07, 6.45) is 8.79. The first-order chi connectivity index (χ1) is 37.5. The Labute approximate surface area is 453 Å². The van der Waals surface area contributed by atoms with E-state index in [1.807, 2.05) is 42.2 Å². The van der Waals surface area contributed by atoms with Crippen LogP contribution in [-0.4, -0.2) is 105 Å². The molecule has 410 valence electrons. The van der Waals surface area contributed by atoms with E-state index in [0.29, 0.717) is 63.3 Å². The van der Waals surface area contributed by atoms with Gasteiger partial charge in [0.15, 0.2) is 34.6 Å². The molecule has 0 spiro atoms. The third-order valence-electron chi connectivity index (χ3n) is 17.0. The van der Waals surface area contributed by atoms with Crippen molar-refractivity contribution in [2.75, 3.05) is 50.7 Å². The highest BCUT2D eigenvalue weighted by atomic mass is 35.5. The third-order valence-corrected chi connectivity index (χ3v) is 17.3. The molecule has 4 fully saturated rings. The Hall–Kier alpha value is -7.03. The van der Waals surface area contributed by atoms with E-state index >= 15 is 17.6 Å². The molecule has 11 rings (SSSR count). The number of carbonyl (C=O) groups excluding carboxylic acids is 4. The molecule has 4 aromatic carbocycles. The Morgan fingerprint density at radius 3 is 2.29 bits per heavy atom. The minimum absolute atomic E-state index is 0.0334. The number of benzene rings is 4. The number of aromatic nitrogens is 4. The molecule has 78 heavy (non-hydrogen) atoms. The van der Waals surface area contributed by atoms with Crippen molar-refractivity contribution in [2.24, 2.45) is 31.7 Å².